The van der Waals surface area contributed by atoms with Crippen LogP contribution in [0.5, 0.6) is 0 Å². The van der Waals surface area contributed by atoms with E-state index in [2.05, 4.69) is 15.0 Å². The maximum Gasteiger partial charge on any atom is 0.412 e. The first-order chi connectivity index (χ1) is 16.3. The standard InChI is InChI=1S/C23H31N3O8/c1-16(27)33-15-34-23(31)26-10-5-20(6-11-26)32-14-21(28)24-19-3-2-17-4-8-25(9-7-22(29)30)13-18(17)12-19/h2-3,12,20H,4-11,13-15H2,1H3,(H,24,28)(H,29,30). The lowest BCUT2D eigenvalue weighted by molar-refractivity contribution is -0.150. The molecule has 1 fully saturated rings. The predicted octanol–water partition coefficient (Wildman–Crippen LogP) is 1.60. The third kappa shape index (κ3) is 7.99. The molecule has 2 N–H and O–H groups in total. The molecule has 1 saturated heterocycles. The summed E-state index contributed by atoms with van der Waals surface area (Å²) in [7, 11) is 0. The van der Waals surface area contributed by atoms with Gasteiger partial charge in [-0.25, -0.2) is 4.79 Å². The van der Waals surface area contributed by atoms with E-state index < -0.39 is 24.8 Å². The number of nitrogens with zero attached hydrogens (tertiary/aromatic N) is 2. The van der Waals surface area contributed by atoms with Crippen LogP contribution in [-0.4, -0.2) is 84.5 Å². The van der Waals surface area contributed by atoms with Gasteiger partial charge in [0.2, 0.25) is 12.7 Å². The van der Waals surface area contributed by atoms with Gasteiger partial charge in [-0.05, 0) is 42.5 Å². The molecular formula is C23H31N3O8. The molecule has 11 heteroatoms. The van der Waals surface area contributed by atoms with Crippen molar-refractivity contribution in [3.05, 3.63) is 29.3 Å². The van der Waals surface area contributed by atoms with E-state index in [0.717, 1.165) is 18.5 Å². The molecular weight excluding hydrogens is 446 g/mol. The Morgan fingerprint density at radius 2 is 1.85 bits per heavy atom. The van der Waals surface area contributed by atoms with Gasteiger partial charge in [0.25, 0.3) is 0 Å². The molecule has 34 heavy (non-hydrogen) atoms. The third-order valence-electron chi connectivity index (χ3n) is 5.82. The van der Waals surface area contributed by atoms with Gasteiger partial charge in [0.1, 0.15) is 6.61 Å². The summed E-state index contributed by atoms with van der Waals surface area (Å²) in [5.41, 5.74) is 2.97. The Labute approximate surface area is 197 Å². The molecule has 0 spiro atoms. The third-order valence-corrected chi connectivity index (χ3v) is 5.82. The summed E-state index contributed by atoms with van der Waals surface area (Å²) in [5, 5.41) is 11.7. The van der Waals surface area contributed by atoms with E-state index in [1.165, 1.54) is 17.4 Å². The first-order valence-electron chi connectivity index (χ1n) is 11.3. The van der Waals surface area contributed by atoms with Gasteiger partial charge in [0, 0.05) is 45.3 Å². The van der Waals surface area contributed by atoms with Crippen molar-refractivity contribution in [1.29, 1.82) is 0 Å². The van der Waals surface area contributed by atoms with Crippen molar-refractivity contribution in [2.24, 2.45) is 0 Å². The van der Waals surface area contributed by atoms with Crippen LogP contribution in [-0.2, 0) is 41.6 Å². The molecule has 3 rings (SSSR count). The smallest absolute Gasteiger partial charge is 0.412 e. The molecule has 0 bridgehead atoms. The van der Waals surface area contributed by atoms with Crippen molar-refractivity contribution < 1.29 is 38.5 Å². The van der Waals surface area contributed by atoms with Gasteiger partial charge in [-0.2, -0.15) is 0 Å². The zero-order chi connectivity index (χ0) is 24.5. The average molecular weight is 478 g/mol. The topological polar surface area (TPSA) is 135 Å². The highest BCUT2D eigenvalue weighted by Crippen LogP contribution is 2.23. The van der Waals surface area contributed by atoms with E-state index in [1.54, 1.807) is 0 Å². The van der Waals surface area contributed by atoms with Crippen LogP contribution >= 0.6 is 0 Å². The second kappa shape index (κ2) is 12.3. The zero-order valence-corrected chi connectivity index (χ0v) is 19.3. The normalized spacial score (nSPS) is 16.4. The van der Waals surface area contributed by atoms with Gasteiger partial charge in [-0.3, -0.25) is 19.3 Å². The number of amides is 2. The quantitative estimate of drug-likeness (QED) is 0.402. The number of hydrogen-bond donors (Lipinski definition) is 2. The number of ether oxygens (including phenoxy) is 3. The highest BCUT2D eigenvalue weighted by Gasteiger charge is 2.25. The number of hydrogen-bond acceptors (Lipinski definition) is 8. The molecule has 0 aliphatic carbocycles. The SMILES string of the molecule is CC(=O)OCOC(=O)N1CCC(OCC(=O)Nc2ccc3c(c2)CN(CCC(=O)O)CC3)CC1. The molecule has 0 saturated carbocycles. The van der Waals surface area contributed by atoms with Crippen LogP contribution in [0.4, 0.5) is 10.5 Å². The Morgan fingerprint density at radius 1 is 1.09 bits per heavy atom. The number of carboxylic acid groups (broad SMARTS) is 1. The van der Waals surface area contributed by atoms with E-state index in [1.807, 2.05) is 18.2 Å². The summed E-state index contributed by atoms with van der Waals surface area (Å²) in [6.45, 7) is 3.56. The largest absolute Gasteiger partial charge is 0.481 e. The van der Waals surface area contributed by atoms with Gasteiger partial charge < -0.3 is 29.5 Å². The van der Waals surface area contributed by atoms with Gasteiger partial charge in [0.05, 0.1) is 12.5 Å². The number of nitrogens with one attached hydrogen (secondary N) is 1. The van der Waals surface area contributed by atoms with E-state index in [-0.39, 0.29) is 25.0 Å². The second-order valence-electron chi connectivity index (χ2n) is 8.36. The fourth-order valence-corrected chi connectivity index (χ4v) is 3.99. The van der Waals surface area contributed by atoms with Crippen LogP contribution in [0.25, 0.3) is 0 Å². The molecule has 2 amide bonds. The lowest BCUT2D eigenvalue weighted by Crippen LogP contribution is -2.42. The van der Waals surface area contributed by atoms with Crippen molar-refractivity contribution in [1.82, 2.24) is 9.80 Å². The van der Waals surface area contributed by atoms with Crippen molar-refractivity contribution in [3.8, 4) is 0 Å². The molecule has 0 aromatic heterocycles. The molecule has 2 aliphatic rings. The molecule has 0 unspecified atom stereocenters. The van der Waals surface area contributed by atoms with E-state index in [4.69, 9.17) is 14.6 Å². The number of anilines is 1. The Bertz CT molecular complexity index is 898. The Kier molecular flexibility index (Phi) is 9.23. The summed E-state index contributed by atoms with van der Waals surface area (Å²) < 4.78 is 15.2. The maximum atomic E-state index is 12.4. The van der Waals surface area contributed by atoms with Crippen molar-refractivity contribution in [3.63, 3.8) is 0 Å². The summed E-state index contributed by atoms with van der Waals surface area (Å²) in [6.07, 6.45) is 1.41. The van der Waals surface area contributed by atoms with Crippen LogP contribution in [0.3, 0.4) is 0 Å². The lowest BCUT2D eigenvalue weighted by Gasteiger charge is -2.31. The minimum absolute atomic E-state index is 0.0939. The Hall–Kier alpha value is -3.18. The van der Waals surface area contributed by atoms with E-state index in [9.17, 15) is 19.2 Å². The number of carboxylic acids is 1. The summed E-state index contributed by atoms with van der Waals surface area (Å²) in [6, 6.07) is 5.79. The van der Waals surface area contributed by atoms with Crippen LogP contribution in [0.1, 0.15) is 37.3 Å². The zero-order valence-electron chi connectivity index (χ0n) is 19.3. The first-order valence-corrected chi connectivity index (χ1v) is 11.3. The van der Waals surface area contributed by atoms with Crippen molar-refractivity contribution >= 4 is 29.6 Å². The average Bonchev–Trinajstić information content (AvgIpc) is 2.81. The number of rotatable bonds is 9. The number of aliphatic carboxylic acids is 1. The molecule has 186 valence electrons. The summed E-state index contributed by atoms with van der Waals surface area (Å²) in [4.78, 5) is 49.4. The number of esters is 1. The number of carbonyl (C=O) groups excluding carboxylic acids is 3. The van der Waals surface area contributed by atoms with Gasteiger partial charge in [-0.15, -0.1) is 0 Å². The molecule has 0 atom stereocenters. The molecule has 1 aromatic rings. The fourth-order valence-electron chi connectivity index (χ4n) is 3.99. The monoisotopic (exact) mass is 477 g/mol. The summed E-state index contributed by atoms with van der Waals surface area (Å²) >= 11 is 0. The first kappa shape index (κ1) is 25.4. The maximum absolute atomic E-state index is 12.4. The number of benzene rings is 1. The van der Waals surface area contributed by atoms with Crippen LogP contribution < -0.4 is 5.32 Å². The molecule has 2 aliphatic heterocycles. The van der Waals surface area contributed by atoms with E-state index in [0.29, 0.717) is 44.7 Å². The molecule has 2 heterocycles. The minimum atomic E-state index is -0.809. The highest BCUT2D eigenvalue weighted by atomic mass is 16.7. The highest BCUT2D eigenvalue weighted by molar-refractivity contribution is 5.91. The van der Waals surface area contributed by atoms with E-state index >= 15 is 0 Å². The minimum Gasteiger partial charge on any atom is -0.481 e. The number of likely N-dealkylation sites (tertiary alicyclic amines) is 1. The Balaban J connectivity index is 1.38. The van der Waals surface area contributed by atoms with Crippen LogP contribution in [0, 0.1) is 0 Å². The molecule has 11 nitrogen and oxygen atoms in total. The van der Waals surface area contributed by atoms with Crippen LogP contribution in [0.15, 0.2) is 18.2 Å². The van der Waals surface area contributed by atoms with Crippen molar-refractivity contribution in [2.45, 2.75) is 45.3 Å². The number of piperidine rings is 1. The number of fused-ring (bicyclic) bond motifs is 1. The van der Waals surface area contributed by atoms with Crippen LogP contribution in [0.2, 0.25) is 0 Å². The molecule has 0 radical (unpaired) electrons. The lowest BCUT2D eigenvalue weighted by atomic mass is 9.99. The fraction of sp³-hybridized carbons (Fsp3) is 0.565. The molecule has 1 aromatic carbocycles. The number of carbonyl (C=O) groups is 4. The summed E-state index contributed by atoms with van der Waals surface area (Å²) in [5.74, 6) is -1.59. The second-order valence-corrected chi connectivity index (χ2v) is 8.36. The van der Waals surface area contributed by atoms with Gasteiger partial charge >= 0.3 is 18.0 Å². The van der Waals surface area contributed by atoms with Gasteiger partial charge in [-0.1, -0.05) is 6.07 Å². The Morgan fingerprint density at radius 3 is 2.56 bits per heavy atom. The van der Waals surface area contributed by atoms with Gasteiger partial charge in [0.15, 0.2) is 0 Å². The predicted molar refractivity (Wildman–Crippen MR) is 120 cm³/mol. The van der Waals surface area contributed by atoms with Crippen molar-refractivity contribution in [2.75, 3.05) is 44.9 Å².